The van der Waals surface area contributed by atoms with Crippen molar-refractivity contribution in [1.82, 2.24) is 4.90 Å². The highest BCUT2D eigenvalue weighted by Gasteiger charge is 2.43. The standard InChI is InChI=1S/C31H33N3O6/c1-37-23-10-7-21(8-11-23)30-24(12-14-29(35)34(30)22-9-13-27-28(19-22)40-20-39-27)31(36)33-17-15-32(16-18-33)25-5-3-4-6-26(25)38-2/h3-11,13,19,24,30H,12,14-18,20H2,1-2H3/t24-,30-/m1/s1. The molecule has 0 N–H and O–H groups in total. The molecule has 0 aromatic heterocycles. The molecule has 2 amide bonds. The summed E-state index contributed by atoms with van der Waals surface area (Å²) in [5.74, 6) is 2.44. The number of benzene rings is 3. The van der Waals surface area contributed by atoms with E-state index in [0.29, 0.717) is 56.2 Å². The van der Waals surface area contributed by atoms with Crippen LogP contribution in [-0.2, 0) is 9.59 Å². The molecule has 2 fully saturated rings. The van der Waals surface area contributed by atoms with Gasteiger partial charge in [0.05, 0.1) is 31.9 Å². The molecule has 0 unspecified atom stereocenters. The van der Waals surface area contributed by atoms with Crippen molar-refractivity contribution in [3.05, 3.63) is 72.3 Å². The summed E-state index contributed by atoms with van der Waals surface area (Å²) < 4.78 is 22.0. The van der Waals surface area contributed by atoms with Crippen molar-refractivity contribution in [3.63, 3.8) is 0 Å². The first-order valence-corrected chi connectivity index (χ1v) is 13.6. The minimum Gasteiger partial charge on any atom is -0.497 e. The molecule has 3 heterocycles. The number of carbonyl (C=O) groups is 2. The maximum Gasteiger partial charge on any atom is 0.231 e. The molecule has 0 radical (unpaired) electrons. The molecule has 2 atom stereocenters. The first-order chi connectivity index (χ1) is 19.6. The van der Waals surface area contributed by atoms with Crippen LogP contribution in [0, 0.1) is 5.92 Å². The number of piperazine rings is 1. The molecule has 2 saturated heterocycles. The van der Waals surface area contributed by atoms with Gasteiger partial charge in [-0.15, -0.1) is 0 Å². The molecular weight excluding hydrogens is 510 g/mol. The van der Waals surface area contributed by atoms with Crippen LogP contribution in [0.15, 0.2) is 66.7 Å². The lowest BCUT2D eigenvalue weighted by molar-refractivity contribution is -0.138. The van der Waals surface area contributed by atoms with Crippen molar-refractivity contribution < 1.29 is 28.5 Å². The average molecular weight is 544 g/mol. The van der Waals surface area contributed by atoms with Crippen molar-refractivity contribution in [2.24, 2.45) is 5.92 Å². The SMILES string of the molecule is COc1ccc([C@@H]2[C@H](C(=O)N3CCN(c4ccccc4OC)CC3)CCC(=O)N2c2ccc3c(c2)OCO3)cc1. The topological polar surface area (TPSA) is 80.8 Å². The number of anilines is 2. The molecule has 6 rings (SSSR count). The maximum atomic E-state index is 14.2. The Hall–Kier alpha value is -4.40. The van der Waals surface area contributed by atoms with Crippen LogP contribution in [0.25, 0.3) is 0 Å². The number of amides is 2. The Morgan fingerprint density at radius 1 is 0.875 bits per heavy atom. The number of carbonyl (C=O) groups excluding carboxylic acids is 2. The van der Waals surface area contributed by atoms with Crippen LogP contribution in [0.5, 0.6) is 23.0 Å². The molecule has 208 valence electrons. The summed E-state index contributed by atoms with van der Waals surface area (Å²) in [6.45, 7) is 2.76. The number of methoxy groups -OCH3 is 2. The third-order valence-corrected chi connectivity index (χ3v) is 8.02. The van der Waals surface area contributed by atoms with Gasteiger partial charge in [-0.25, -0.2) is 0 Å². The Morgan fingerprint density at radius 2 is 1.62 bits per heavy atom. The third kappa shape index (κ3) is 4.76. The largest absolute Gasteiger partial charge is 0.497 e. The van der Waals surface area contributed by atoms with Crippen molar-refractivity contribution in [1.29, 1.82) is 0 Å². The molecule has 0 bridgehead atoms. The van der Waals surface area contributed by atoms with Gasteiger partial charge in [0.1, 0.15) is 11.5 Å². The van der Waals surface area contributed by atoms with Crippen molar-refractivity contribution >= 4 is 23.2 Å². The van der Waals surface area contributed by atoms with Crippen LogP contribution in [-0.4, -0.2) is 63.9 Å². The van der Waals surface area contributed by atoms with E-state index in [1.165, 1.54) is 0 Å². The van der Waals surface area contributed by atoms with Crippen LogP contribution in [0.4, 0.5) is 11.4 Å². The normalized spacial score (nSPS) is 20.4. The number of fused-ring (bicyclic) bond motifs is 1. The number of hydrogen-bond acceptors (Lipinski definition) is 7. The van der Waals surface area contributed by atoms with E-state index in [1.807, 2.05) is 71.6 Å². The lowest BCUT2D eigenvalue weighted by Crippen LogP contribution is -2.54. The van der Waals surface area contributed by atoms with E-state index in [0.717, 1.165) is 22.7 Å². The van der Waals surface area contributed by atoms with Gasteiger partial charge < -0.3 is 33.6 Å². The van der Waals surface area contributed by atoms with E-state index >= 15 is 0 Å². The molecule has 3 aliphatic heterocycles. The molecule has 0 aliphatic carbocycles. The molecule has 0 saturated carbocycles. The van der Waals surface area contributed by atoms with Crippen LogP contribution in [0.3, 0.4) is 0 Å². The van der Waals surface area contributed by atoms with Gasteiger partial charge in [-0.2, -0.15) is 0 Å². The first kappa shape index (κ1) is 25.9. The summed E-state index contributed by atoms with van der Waals surface area (Å²) in [4.78, 5) is 33.6. The van der Waals surface area contributed by atoms with Gasteiger partial charge in [0.25, 0.3) is 0 Å². The summed E-state index contributed by atoms with van der Waals surface area (Å²) in [6.07, 6.45) is 0.779. The molecule has 9 heteroatoms. The summed E-state index contributed by atoms with van der Waals surface area (Å²) in [7, 11) is 3.29. The highest BCUT2D eigenvalue weighted by molar-refractivity contribution is 5.98. The summed E-state index contributed by atoms with van der Waals surface area (Å²) in [6, 6.07) is 20.6. The van der Waals surface area contributed by atoms with Gasteiger partial charge in [-0.3, -0.25) is 9.59 Å². The molecule has 0 spiro atoms. The highest BCUT2D eigenvalue weighted by atomic mass is 16.7. The zero-order valence-electron chi connectivity index (χ0n) is 22.7. The van der Waals surface area contributed by atoms with Gasteiger partial charge in [0.15, 0.2) is 11.5 Å². The quantitative estimate of drug-likeness (QED) is 0.460. The first-order valence-electron chi connectivity index (χ1n) is 13.6. The molecule has 3 aliphatic rings. The van der Waals surface area contributed by atoms with Gasteiger partial charge in [0, 0.05) is 44.4 Å². The molecule has 3 aromatic carbocycles. The molecule has 3 aromatic rings. The summed E-state index contributed by atoms with van der Waals surface area (Å²) >= 11 is 0. The number of rotatable bonds is 6. The number of nitrogens with zero attached hydrogens (tertiary/aromatic N) is 3. The number of ether oxygens (including phenoxy) is 4. The van der Waals surface area contributed by atoms with Gasteiger partial charge in [-0.05, 0) is 48.4 Å². The van der Waals surface area contributed by atoms with E-state index in [-0.39, 0.29) is 18.6 Å². The molecule has 9 nitrogen and oxygen atoms in total. The predicted octanol–water partition coefficient (Wildman–Crippen LogP) is 4.27. The second-order valence-corrected chi connectivity index (χ2v) is 10.1. The zero-order chi connectivity index (χ0) is 27.6. The Kier molecular flexibility index (Phi) is 7.11. The second kappa shape index (κ2) is 11.0. The Labute approximate surface area is 233 Å². The third-order valence-electron chi connectivity index (χ3n) is 8.02. The number of piperidine rings is 1. The minimum atomic E-state index is -0.465. The second-order valence-electron chi connectivity index (χ2n) is 10.1. The van der Waals surface area contributed by atoms with Crippen LogP contribution >= 0.6 is 0 Å². The monoisotopic (exact) mass is 543 g/mol. The maximum absolute atomic E-state index is 14.2. The van der Waals surface area contributed by atoms with E-state index in [2.05, 4.69) is 4.90 Å². The summed E-state index contributed by atoms with van der Waals surface area (Å²) in [5.41, 5.74) is 2.61. The van der Waals surface area contributed by atoms with Crippen molar-refractivity contribution in [3.8, 4) is 23.0 Å². The zero-order valence-corrected chi connectivity index (χ0v) is 22.7. The smallest absolute Gasteiger partial charge is 0.231 e. The van der Waals surface area contributed by atoms with Crippen molar-refractivity contribution in [2.45, 2.75) is 18.9 Å². The van der Waals surface area contributed by atoms with E-state index in [1.54, 1.807) is 19.1 Å². The Balaban J connectivity index is 1.29. The van der Waals surface area contributed by atoms with E-state index in [4.69, 9.17) is 18.9 Å². The van der Waals surface area contributed by atoms with Crippen LogP contribution in [0.2, 0.25) is 0 Å². The van der Waals surface area contributed by atoms with Crippen molar-refractivity contribution in [2.75, 3.05) is 57.0 Å². The highest BCUT2D eigenvalue weighted by Crippen LogP contribution is 2.44. The van der Waals surface area contributed by atoms with E-state index in [9.17, 15) is 9.59 Å². The minimum absolute atomic E-state index is 0.0234. The Morgan fingerprint density at radius 3 is 2.38 bits per heavy atom. The lowest BCUT2D eigenvalue weighted by Gasteiger charge is -2.44. The van der Waals surface area contributed by atoms with Crippen LogP contribution < -0.4 is 28.7 Å². The lowest BCUT2D eigenvalue weighted by atomic mass is 9.82. The Bertz CT molecular complexity index is 1390. The molecular formula is C31H33N3O6. The number of hydrogen-bond donors (Lipinski definition) is 0. The fourth-order valence-corrected chi connectivity index (χ4v) is 5.97. The fourth-order valence-electron chi connectivity index (χ4n) is 5.97. The number of para-hydroxylation sites is 2. The van der Waals surface area contributed by atoms with Gasteiger partial charge in [0.2, 0.25) is 18.6 Å². The van der Waals surface area contributed by atoms with Crippen LogP contribution in [0.1, 0.15) is 24.4 Å². The summed E-state index contributed by atoms with van der Waals surface area (Å²) in [5, 5.41) is 0. The van der Waals surface area contributed by atoms with Gasteiger partial charge >= 0.3 is 0 Å². The predicted molar refractivity (Wildman–Crippen MR) is 150 cm³/mol. The van der Waals surface area contributed by atoms with Gasteiger partial charge in [-0.1, -0.05) is 24.3 Å². The fraction of sp³-hybridized carbons (Fsp3) is 0.355. The molecule has 40 heavy (non-hydrogen) atoms. The average Bonchev–Trinajstić information content (AvgIpc) is 3.49. The van der Waals surface area contributed by atoms with E-state index < -0.39 is 12.0 Å².